The highest BCUT2D eigenvalue weighted by Crippen LogP contribution is 2.30. The van der Waals surface area contributed by atoms with Gasteiger partial charge in [0.15, 0.2) is 0 Å². The number of hydrogen-bond acceptors (Lipinski definition) is 3. The molecule has 0 aliphatic rings. The van der Waals surface area contributed by atoms with Gasteiger partial charge < -0.3 is 0 Å². The Balaban J connectivity index is 1.99. The van der Waals surface area contributed by atoms with Crippen molar-refractivity contribution in [2.45, 2.75) is 11.8 Å². The SMILES string of the molecule is Cc1ccc(F)cc1S(=O)(=O)Nc1cccc(-c2cc(Cl)ccc2Cl)n1. The van der Waals surface area contributed by atoms with Crippen LogP contribution in [0.25, 0.3) is 11.3 Å². The van der Waals surface area contributed by atoms with Crippen molar-refractivity contribution >= 4 is 39.0 Å². The van der Waals surface area contributed by atoms with Crippen LogP contribution in [0.15, 0.2) is 59.5 Å². The lowest BCUT2D eigenvalue weighted by Gasteiger charge is -2.11. The van der Waals surface area contributed by atoms with Crippen molar-refractivity contribution in [3.8, 4) is 11.3 Å². The second-order valence-electron chi connectivity index (χ2n) is 5.55. The number of rotatable bonds is 4. The maximum absolute atomic E-state index is 13.4. The first kappa shape index (κ1) is 18.6. The van der Waals surface area contributed by atoms with Crippen LogP contribution in [0, 0.1) is 12.7 Å². The molecule has 0 saturated carbocycles. The Morgan fingerprint density at radius 1 is 1.04 bits per heavy atom. The monoisotopic (exact) mass is 410 g/mol. The summed E-state index contributed by atoms with van der Waals surface area (Å²) in [6.45, 7) is 1.59. The Hall–Kier alpha value is -2.15. The van der Waals surface area contributed by atoms with E-state index in [2.05, 4.69) is 9.71 Å². The van der Waals surface area contributed by atoms with Gasteiger partial charge in [-0.2, -0.15) is 0 Å². The average molecular weight is 411 g/mol. The van der Waals surface area contributed by atoms with Crippen LogP contribution in [0.3, 0.4) is 0 Å². The van der Waals surface area contributed by atoms with E-state index in [1.807, 2.05) is 0 Å². The van der Waals surface area contributed by atoms with Gasteiger partial charge in [0.2, 0.25) is 0 Å². The summed E-state index contributed by atoms with van der Waals surface area (Å²) in [7, 11) is -4.00. The third-order valence-electron chi connectivity index (χ3n) is 3.63. The number of sulfonamides is 1. The molecule has 2 aromatic carbocycles. The van der Waals surface area contributed by atoms with E-state index in [4.69, 9.17) is 23.2 Å². The first-order valence-electron chi connectivity index (χ1n) is 7.48. The van der Waals surface area contributed by atoms with Gasteiger partial charge in [-0.25, -0.2) is 17.8 Å². The molecule has 3 aromatic rings. The molecule has 1 aromatic heterocycles. The fraction of sp³-hybridized carbons (Fsp3) is 0.0556. The molecule has 0 bridgehead atoms. The number of hydrogen-bond donors (Lipinski definition) is 1. The van der Waals surface area contributed by atoms with Crippen LogP contribution >= 0.6 is 23.2 Å². The highest BCUT2D eigenvalue weighted by atomic mass is 35.5. The molecule has 134 valence electrons. The van der Waals surface area contributed by atoms with Crippen LogP contribution < -0.4 is 4.72 Å². The summed E-state index contributed by atoms with van der Waals surface area (Å²) in [4.78, 5) is 4.13. The summed E-state index contributed by atoms with van der Waals surface area (Å²) in [6.07, 6.45) is 0. The summed E-state index contributed by atoms with van der Waals surface area (Å²) >= 11 is 12.2. The van der Waals surface area contributed by atoms with Crippen LogP contribution in [0.5, 0.6) is 0 Å². The summed E-state index contributed by atoms with van der Waals surface area (Å²) in [6, 6.07) is 13.3. The molecule has 3 rings (SSSR count). The molecule has 0 atom stereocenters. The predicted octanol–water partition coefficient (Wildman–Crippen LogP) is 5.30. The van der Waals surface area contributed by atoms with Crippen LogP contribution in [0.4, 0.5) is 10.2 Å². The fourth-order valence-corrected chi connectivity index (χ4v) is 4.04. The first-order chi connectivity index (χ1) is 12.3. The van der Waals surface area contributed by atoms with Gasteiger partial charge in [-0.05, 0) is 55.0 Å². The Bertz CT molecular complexity index is 1090. The summed E-state index contributed by atoms with van der Waals surface area (Å²) in [5, 5.41) is 0.912. The van der Waals surface area contributed by atoms with Gasteiger partial charge in [-0.3, -0.25) is 4.72 Å². The van der Waals surface area contributed by atoms with E-state index in [-0.39, 0.29) is 10.7 Å². The normalized spacial score (nSPS) is 11.4. The number of nitrogens with one attached hydrogen (secondary N) is 1. The minimum atomic E-state index is -4.00. The van der Waals surface area contributed by atoms with Gasteiger partial charge in [0.1, 0.15) is 11.6 Å². The Morgan fingerprint density at radius 3 is 2.58 bits per heavy atom. The van der Waals surface area contributed by atoms with Crippen LogP contribution in [-0.2, 0) is 10.0 Å². The van der Waals surface area contributed by atoms with E-state index in [1.54, 1.807) is 37.3 Å². The van der Waals surface area contributed by atoms with Crippen molar-refractivity contribution in [1.29, 1.82) is 0 Å². The zero-order chi connectivity index (χ0) is 18.9. The first-order valence-corrected chi connectivity index (χ1v) is 9.71. The molecule has 4 nitrogen and oxygen atoms in total. The molecule has 0 spiro atoms. The van der Waals surface area contributed by atoms with E-state index in [0.717, 1.165) is 6.07 Å². The molecular formula is C18H13Cl2FN2O2S. The highest BCUT2D eigenvalue weighted by molar-refractivity contribution is 7.92. The topological polar surface area (TPSA) is 59.1 Å². The van der Waals surface area contributed by atoms with Gasteiger partial charge in [0.25, 0.3) is 10.0 Å². The molecule has 0 aliphatic carbocycles. The van der Waals surface area contributed by atoms with Gasteiger partial charge in [-0.1, -0.05) is 35.3 Å². The van der Waals surface area contributed by atoms with E-state index in [0.29, 0.717) is 26.9 Å². The third kappa shape index (κ3) is 3.98. The number of benzene rings is 2. The zero-order valence-corrected chi connectivity index (χ0v) is 15.8. The van der Waals surface area contributed by atoms with E-state index in [1.165, 1.54) is 18.2 Å². The average Bonchev–Trinajstić information content (AvgIpc) is 2.59. The minimum Gasteiger partial charge on any atom is -0.263 e. The lowest BCUT2D eigenvalue weighted by molar-refractivity contribution is 0.594. The maximum Gasteiger partial charge on any atom is 0.263 e. The largest absolute Gasteiger partial charge is 0.263 e. The standard InChI is InChI=1S/C18H13Cl2FN2O2S/c1-11-5-7-13(21)10-17(11)26(24,25)23-18-4-2-3-16(22-18)14-9-12(19)6-8-15(14)20/h2-10H,1H3,(H,22,23). The number of aromatic nitrogens is 1. The number of halogens is 3. The molecule has 0 saturated heterocycles. The third-order valence-corrected chi connectivity index (χ3v) is 5.69. The van der Waals surface area contributed by atoms with Crippen molar-refractivity contribution in [1.82, 2.24) is 4.98 Å². The van der Waals surface area contributed by atoms with Crippen molar-refractivity contribution < 1.29 is 12.8 Å². The molecule has 8 heteroatoms. The van der Waals surface area contributed by atoms with Crippen molar-refractivity contribution in [2.75, 3.05) is 4.72 Å². The van der Waals surface area contributed by atoms with Crippen molar-refractivity contribution in [3.63, 3.8) is 0 Å². The van der Waals surface area contributed by atoms with Gasteiger partial charge in [0, 0.05) is 10.6 Å². The molecule has 1 N–H and O–H groups in total. The second-order valence-corrected chi connectivity index (χ2v) is 8.04. The van der Waals surface area contributed by atoms with E-state index >= 15 is 0 Å². The molecule has 0 radical (unpaired) electrons. The molecule has 0 fully saturated rings. The maximum atomic E-state index is 13.4. The molecule has 26 heavy (non-hydrogen) atoms. The fourth-order valence-electron chi connectivity index (χ4n) is 2.39. The summed E-state index contributed by atoms with van der Waals surface area (Å²) in [5.41, 5.74) is 1.45. The van der Waals surface area contributed by atoms with Crippen LogP contribution in [0.2, 0.25) is 10.0 Å². The van der Waals surface area contributed by atoms with Crippen LogP contribution in [0.1, 0.15) is 5.56 Å². The smallest absolute Gasteiger partial charge is 0.263 e. The number of aryl methyl sites for hydroxylation is 1. The Morgan fingerprint density at radius 2 is 1.81 bits per heavy atom. The number of pyridine rings is 1. The molecule has 0 unspecified atom stereocenters. The van der Waals surface area contributed by atoms with Crippen LogP contribution in [-0.4, -0.2) is 13.4 Å². The predicted molar refractivity (Wildman–Crippen MR) is 102 cm³/mol. The molecule has 0 amide bonds. The summed E-state index contributed by atoms with van der Waals surface area (Å²) < 4.78 is 41.0. The van der Waals surface area contributed by atoms with Gasteiger partial charge >= 0.3 is 0 Å². The molecular weight excluding hydrogens is 398 g/mol. The molecule has 1 heterocycles. The Labute approximate surface area is 160 Å². The lowest BCUT2D eigenvalue weighted by Crippen LogP contribution is -2.15. The zero-order valence-electron chi connectivity index (χ0n) is 13.5. The number of anilines is 1. The quantitative estimate of drug-likeness (QED) is 0.634. The number of nitrogens with zero attached hydrogens (tertiary/aromatic N) is 1. The Kier molecular flexibility index (Phi) is 5.18. The van der Waals surface area contributed by atoms with Crippen molar-refractivity contribution in [2.24, 2.45) is 0 Å². The minimum absolute atomic E-state index is 0.0854. The van der Waals surface area contributed by atoms with Gasteiger partial charge in [-0.15, -0.1) is 0 Å². The highest BCUT2D eigenvalue weighted by Gasteiger charge is 2.19. The molecule has 0 aliphatic heterocycles. The van der Waals surface area contributed by atoms with E-state index < -0.39 is 15.8 Å². The van der Waals surface area contributed by atoms with E-state index in [9.17, 15) is 12.8 Å². The lowest BCUT2D eigenvalue weighted by atomic mass is 10.1. The summed E-state index contributed by atoms with van der Waals surface area (Å²) in [5.74, 6) is -0.550. The van der Waals surface area contributed by atoms with Crippen molar-refractivity contribution in [3.05, 3.63) is 76.0 Å². The second kappa shape index (κ2) is 7.23. The van der Waals surface area contributed by atoms with Gasteiger partial charge in [0.05, 0.1) is 15.6 Å².